The van der Waals surface area contributed by atoms with E-state index in [0.29, 0.717) is 30.3 Å². The van der Waals surface area contributed by atoms with E-state index in [0.717, 1.165) is 18.7 Å². The molecule has 0 radical (unpaired) electrons. The molecule has 6 heteroatoms. The van der Waals surface area contributed by atoms with Crippen LogP contribution >= 0.6 is 0 Å². The molecule has 3 aromatic rings. The maximum atomic E-state index is 13.6. The summed E-state index contributed by atoms with van der Waals surface area (Å²) >= 11 is 0. The van der Waals surface area contributed by atoms with Gasteiger partial charge in [0.25, 0.3) is 5.91 Å². The predicted octanol–water partition coefficient (Wildman–Crippen LogP) is 5.47. The summed E-state index contributed by atoms with van der Waals surface area (Å²) < 4.78 is 7.40. The van der Waals surface area contributed by atoms with Crippen molar-refractivity contribution in [1.29, 1.82) is 0 Å². The van der Waals surface area contributed by atoms with Gasteiger partial charge in [0.1, 0.15) is 12.3 Å². The summed E-state index contributed by atoms with van der Waals surface area (Å²) in [5.41, 5.74) is 2.83. The largest absolute Gasteiger partial charge is 0.497 e. The van der Waals surface area contributed by atoms with Gasteiger partial charge in [-0.3, -0.25) is 9.59 Å². The SMILES string of the molecule is COc1ccc(C(=O)N(CCC(C)C)CC(=O)N(Cc2cccn2Cc2ccccc2)C(C)C)cc1. The van der Waals surface area contributed by atoms with Gasteiger partial charge in [0.2, 0.25) is 5.91 Å². The Morgan fingerprint density at radius 2 is 1.61 bits per heavy atom. The molecule has 0 atom stereocenters. The molecular formula is C30H39N3O3. The molecule has 0 aliphatic carbocycles. The first-order valence-electron chi connectivity index (χ1n) is 12.7. The van der Waals surface area contributed by atoms with Gasteiger partial charge < -0.3 is 19.1 Å². The minimum atomic E-state index is -0.136. The van der Waals surface area contributed by atoms with Crippen LogP contribution in [0.4, 0.5) is 0 Å². The zero-order valence-corrected chi connectivity index (χ0v) is 22.2. The third-order valence-electron chi connectivity index (χ3n) is 6.32. The lowest BCUT2D eigenvalue weighted by Crippen LogP contribution is -2.46. The van der Waals surface area contributed by atoms with Crippen molar-refractivity contribution in [3.63, 3.8) is 0 Å². The van der Waals surface area contributed by atoms with Crippen LogP contribution in [-0.2, 0) is 17.9 Å². The zero-order chi connectivity index (χ0) is 26.1. The minimum absolute atomic E-state index is 0.000567. The smallest absolute Gasteiger partial charge is 0.254 e. The number of rotatable bonds is 12. The van der Waals surface area contributed by atoms with Crippen molar-refractivity contribution >= 4 is 11.8 Å². The number of hydrogen-bond acceptors (Lipinski definition) is 3. The lowest BCUT2D eigenvalue weighted by Gasteiger charge is -2.31. The van der Waals surface area contributed by atoms with E-state index in [-0.39, 0.29) is 24.4 Å². The molecule has 6 nitrogen and oxygen atoms in total. The van der Waals surface area contributed by atoms with E-state index in [2.05, 4.69) is 36.6 Å². The first-order chi connectivity index (χ1) is 17.3. The standard InChI is InChI=1S/C30H39N3O3/c1-23(2)17-19-32(30(35)26-13-15-28(36-5)16-14-26)22-29(34)33(24(3)4)21-27-12-9-18-31(27)20-25-10-7-6-8-11-25/h6-16,18,23-24H,17,19-22H2,1-5H3. The van der Waals surface area contributed by atoms with E-state index < -0.39 is 0 Å². The third kappa shape index (κ3) is 7.48. The van der Waals surface area contributed by atoms with E-state index in [1.807, 2.05) is 49.2 Å². The molecule has 192 valence electrons. The maximum Gasteiger partial charge on any atom is 0.254 e. The second-order valence-corrected chi connectivity index (χ2v) is 9.87. The van der Waals surface area contributed by atoms with E-state index in [1.165, 1.54) is 5.56 Å². The van der Waals surface area contributed by atoms with Crippen molar-refractivity contribution in [3.05, 3.63) is 89.7 Å². The Kier molecular flexibility index (Phi) is 9.74. The topological polar surface area (TPSA) is 54.8 Å². The Morgan fingerprint density at radius 1 is 0.917 bits per heavy atom. The first kappa shape index (κ1) is 27.1. The molecule has 3 rings (SSSR count). The molecule has 0 saturated carbocycles. The molecule has 0 spiro atoms. The molecule has 0 unspecified atom stereocenters. The number of aromatic nitrogens is 1. The van der Waals surface area contributed by atoms with Crippen LogP contribution in [0.3, 0.4) is 0 Å². The summed E-state index contributed by atoms with van der Waals surface area (Å²) in [6, 6.07) is 21.4. The second kappa shape index (κ2) is 13.0. The van der Waals surface area contributed by atoms with Crippen molar-refractivity contribution in [3.8, 4) is 5.75 Å². The average molecular weight is 490 g/mol. The van der Waals surface area contributed by atoms with Gasteiger partial charge in [-0.25, -0.2) is 0 Å². The Bertz CT molecular complexity index is 1100. The van der Waals surface area contributed by atoms with Crippen LogP contribution in [-0.4, -0.2) is 52.4 Å². The van der Waals surface area contributed by atoms with Crippen LogP contribution < -0.4 is 4.74 Å². The maximum absolute atomic E-state index is 13.6. The molecule has 0 saturated heterocycles. The quantitative estimate of drug-likeness (QED) is 0.339. The van der Waals surface area contributed by atoms with Crippen LogP contribution in [0, 0.1) is 5.92 Å². The minimum Gasteiger partial charge on any atom is -0.497 e. The van der Waals surface area contributed by atoms with Gasteiger partial charge >= 0.3 is 0 Å². The van der Waals surface area contributed by atoms with Gasteiger partial charge in [0.05, 0.1) is 13.7 Å². The van der Waals surface area contributed by atoms with Gasteiger partial charge in [0, 0.05) is 36.6 Å². The number of ether oxygens (including phenoxy) is 1. The van der Waals surface area contributed by atoms with Crippen molar-refractivity contribution in [2.75, 3.05) is 20.2 Å². The van der Waals surface area contributed by atoms with Gasteiger partial charge in [-0.2, -0.15) is 0 Å². The fourth-order valence-corrected chi connectivity index (χ4v) is 4.10. The Hall–Kier alpha value is -3.54. The van der Waals surface area contributed by atoms with Crippen molar-refractivity contribution in [2.24, 2.45) is 5.92 Å². The highest BCUT2D eigenvalue weighted by atomic mass is 16.5. The number of nitrogens with zero attached hydrogens (tertiary/aromatic N) is 3. The summed E-state index contributed by atoms with van der Waals surface area (Å²) in [5.74, 6) is 0.931. The molecule has 0 bridgehead atoms. The van der Waals surface area contributed by atoms with Crippen LogP contribution in [0.5, 0.6) is 5.75 Å². The molecule has 0 aliphatic heterocycles. The molecule has 0 aliphatic rings. The Labute approximate surface area is 215 Å². The van der Waals surface area contributed by atoms with Gasteiger partial charge in [-0.1, -0.05) is 44.2 Å². The van der Waals surface area contributed by atoms with Crippen molar-refractivity contribution in [2.45, 2.75) is 53.2 Å². The van der Waals surface area contributed by atoms with Crippen molar-refractivity contribution < 1.29 is 14.3 Å². The van der Waals surface area contributed by atoms with Crippen LogP contribution in [0.2, 0.25) is 0 Å². The monoisotopic (exact) mass is 489 g/mol. The number of benzene rings is 2. The highest BCUT2D eigenvalue weighted by Crippen LogP contribution is 2.17. The number of carbonyl (C=O) groups excluding carboxylic acids is 2. The van der Waals surface area contributed by atoms with Crippen molar-refractivity contribution in [1.82, 2.24) is 14.4 Å². The summed E-state index contributed by atoms with van der Waals surface area (Å²) in [4.78, 5) is 30.5. The average Bonchev–Trinajstić information content (AvgIpc) is 3.31. The van der Waals surface area contributed by atoms with E-state index in [9.17, 15) is 9.59 Å². The highest BCUT2D eigenvalue weighted by Gasteiger charge is 2.25. The number of methoxy groups -OCH3 is 1. The Balaban J connectivity index is 1.76. The van der Waals surface area contributed by atoms with Gasteiger partial charge in [0.15, 0.2) is 0 Å². The molecule has 2 amide bonds. The third-order valence-corrected chi connectivity index (χ3v) is 6.32. The number of carbonyl (C=O) groups is 2. The lowest BCUT2D eigenvalue weighted by molar-refractivity contribution is -0.134. The van der Waals surface area contributed by atoms with Crippen LogP contribution in [0.1, 0.15) is 55.7 Å². The highest BCUT2D eigenvalue weighted by molar-refractivity contribution is 5.96. The first-order valence-corrected chi connectivity index (χ1v) is 12.7. The summed E-state index contributed by atoms with van der Waals surface area (Å²) in [5, 5.41) is 0. The molecule has 2 aromatic carbocycles. The van der Waals surface area contributed by atoms with Gasteiger partial charge in [-0.05, 0) is 68.1 Å². The number of amides is 2. The van der Waals surface area contributed by atoms with E-state index in [4.69, 9.17) is 4.74 Å². The summed E-state index contributed by atoms with van der Waals surface area (Å²) in [6.07, 6.45) is 2.88. The summed E-state index contributed by atoms with van der Waals surface area (Å²) in [7, 11) is 1.60. The Morgan fingerprint density at radius 3 is 2.22 bits per heavy atom. The molecule has 1 aromatic heterocycles. The fourth-order valence-electron chi connectivity index (χ4n) is 4.10. The fraction of sp³-hybridized carbons (Fsp3) is 0.400. The molecule has 1 heterocycles. The van der Waals surface area contributed by atoms with E-state index in [1.54, 1.807) is 36.3 Å². The van der Waals surface area contributed by atoms with Crippen LogP contribution in [0.15, 0.2) is 72.9 Å². The van der Waals surface area contributed by atoms with Crippen LogP contribution in [0.25, 0.3) is 0 Å². The second-order valence-electron chi connectivity index (χ2n) is 9.87. The molecule has 36 heavy (non-hydrogen) atoms. The van der Waals surface area contributed by atoms with E-state index >= 15 is 0 Å². The normalized spacial score (nSPS) is 11.1. The zero-order valence-electron chi connectivity index (χ0n) is 22.2. The number of hydrogen-bond donors (Lipinski definition) is 0. The molecule has 0 N–H and O–H groups in total. The van der Waals surface area contributed by atoms with Gasteiger partial charge in [-0.15, -0.1) is 0 Å². The predicted molar refractivity (Wildman–Crippen MR) is 144 cm³/mol. The summed E-state index contributed by atoms with van der Waals surface area (Å²) in [6.45, 7) is 10.1. The molecule has 0 fully saturated rings. The lowest BCUT2D eigenvalue weighted by atomic mass is 10.1. The molecular weight excluding hydrogens is 450 g/mol.